The third-order valence-corrected chi connectivity index (χ3v) is 8.80. The van der Waals surface area contributed by atoms with Crippen LogP contribution in [0, 0.1) is 0 Å². The number of carbonyl (C=O) groups is 1. The van der Waals surface area contributed by atoms with E-state index in [9.17, 15) is 9.00 Å². The summed E-state index contributed by atoms with van der Waals surface area (Å²) >= 11 is 0. The zero-order valence-corrected chi connectivity index (χ0v) is 20.5. The number of nitrogens with one attached hydrogen (secondary N) is 1. The van der Waals surface area contributed by atoms with E-state index in [4.69, 9.17) is 19.0 Å². The largest absolute Gasteiger partial charge is 0.381 e. The number of ether oxygens (including phenoxy) is 3. The molecular formula is C23H42N2O6S. The Morgan fingerprint density at radius 2 is 1.81 bits per heavy atom. The van der Waals surface area contributed by atoms with Gasteiger partial charge in [0.2, 0.25) is 0 Å². The van der Waals surface area contributed by atoms with Crippen LogP contribution in [0.3, 0.4) is 0 Å². The second kappa shape index (κ2) is 14.0. The Balaban J connectivity index is 1.46. The van der Waals surface area contributed by atoms with Crippen molar-refractivity contribution in [3.8, 4) is 0 Å². The second-order valence-electron chi connectivity index (χ2n) is 9.11. The highest BCUT2D eigenvalue weighted by atomic mass is 32.2. The summed E-state index contributed by atoms with van der Waals surface area (Å²) in [4.78, 5) is 18.7. The normalized spacial score (nSPS) is 26.0. The molecule has 1 amide bonds. The van der Waals surface area contributed by atoms with Crippen molar-refractivity contribution in [2.75, 3.05) is 39.5 Å². The third-order valence-electron chi connectivity index (χ3n) is 6.71. The third kappa shape index (κ3) is 7.46. The Morgan fingerprint density at radius 3 is 2.50 bits per heavy atom. The Bertz CT molecular complexity index is 573. The quantitative estimate of drug-likeness (QED) is 0.345. The van der Waals surface area contributed by atoms with Gasteiger partial charge in [-0.1, -0.05) is 32.6 Å². The van der Waals surface area contributed by atoms with Gasteiger partial charge < -0.3 is 14.2 Å². The van der Waals surface area contributed by atoms with Gasteiger partial charge >= 0.3 is 0 Å². The molecule has 8 nitrogen and oxygen atoms in total. The molecule has 0 aromatic heterocycles. The van der Waals surface area contributed by atoms with Crippen molar-refractivity contribution in [1.82, 2.24) is 9.79 Å². The fraction of sp³-hybridized carbons (Fsp3) is 0.957. The van der Waals surface area contributed by atoms with Crippen LogP contribution in [0.4, 0.5) is 0 Å². The lowest BCUT2D eigenvalue weighted by Crippen LogP contribution is -2.58. The minimum absolute atomic E-state index is 0.223. The van der Waals surface area contributed by atoms with Gasteiger partial charge in [0.15, 0.2) is 6.29 Å². The van der Waals surface area contributed by atoms with Crippen molar-refractivity contribution in [2.45, 2.75) is 101 Å². The maximum absolute atomic E-state index is 13.6. The number of unbranched alkanes of at least 4 members (excludes halogenated alkanes) is 4. The first-order valence-electron chi connectivity index (χ1n) is 12.6. The second-order valence-corrected chi connectivity index (χ2v) is 10.9. The summed E-state index contributed by atoms with van der Waals surface area (Å²) in [6, 6.07) is 0. The standard InChI is InChI=1S/C23H42N2O6S/c1-2-3-4-5-7-16-29-20-10-14-25(15-11-20)32(27)23(12-18-28-19-13-23)22(26)24-31-21-9-6-8-17-30-21/h20-21H,2-19H2,1H3,(H,24,26). The van der Waals surface area contributed by atoms with Crippen LogP contribution in [-0.4, -0.2) is 71.1 Å². The SMILES string of the molecule is CCCCCCCOC1CCN(S(=O)C2(C(=O)NOC3CCCCO3)CCOCC2)CC1. The highest BCUT2D eigenvalue weighted by Gasteiger charge is 2.49. The highest BCUT2D eigenvalue weighted by Crippen LogP contribution is 2.32. The van der Waals surface area contributed by atoms with Gasteiger partial charge in [0.1, 0.15) is 15.7 Å². The van der Waals surface area contributed by atoms with E-state index in [1.807, 2.05) is 4.31 Å². The summed E-state index contributed by atoms with van der Waals surface area (Å²) in [7, 11) is -1.45. The minimum atomic E-state index is -1.45. The smallest absolute Gasteiger partial charge is 0.264 e. The van der Waals surface area contributed by atoms with Gasteiger partial charge in [0, 0.05) is 45.9 Å². The van der Waals surface area contributed by atoms with E-state index in [2.05, 4.69) is 12.4 Å². The number of hydrogen-bond donors (Lipinski definition) is 1. The van der Waals surface area contributed by atoms with Gasteiger partial charge in [-0.2, -0.15) is 0 Å². The van der Waals surface area contributed by atoms with E-state index in [1.54, 1.807) is 0 Å². The van der Waals surface area contributed by atoms with Gasteiger partial charge in [-0.15, -0.1) is 0 Å². The molecule has 3 fully saturated rings. The summed E-state index contributed by atoms with van der Waals surface area (Å²) in [6.45, 7) is 5.88. The van der Waals surface area contributed by atoms with Crippen molar-refractivity contribution in [2.24, 2.45) is 0 Å². The number of amides is 1. The topological polar surface area (TPSA) is 86.3 Å². The average molecular weight is 475 g/mol. The van der Waals surface area contributed by atoms with Crippen LogP contribution in [0.2, 0.25) is 0 Å². The lowest BCUT2D eigenvalue weighted by Gasteiger charge is -2.40. The van der Waals surface area contributed by atoms with E-state index in [0.717, 1.165) is 45.1 Å². The van der Waals surface area contributed by atoms with Crippen molar-refractivity contribution in [1.29, 1.82) is 0 Å². The van der Waals surface area contributed by atoms with Crippen molar-refractivity contribution in [3.05, 3.63) is 0 Å². The summed E-state index contributed by atoms with van der Waals surface area (Å²) in [6.07, 6.45) is 11.3. The average Bonchev–Trinajstić information content (AvgIpc) is 2.85. The zero-order valence-electron chi connectivity index (χ0n) is 19.7. The predicted octanol–water partition coefficient (Wildman–Crippen LogP) is 3.23. The van der Waals surface area contributed by atoms with E-state index in [-0.39, 0.29) is 12.0 Å². The molecule has 0 radical (unpaired) electrons. The molecule has 0 aliphatic carbocycles. The molecule has 0 saturated carbocycles. The van der Waals surface area contributed by atoms with Crippen molar-refractivity contribution in [3.63, 3.8) is 0 Å². The van der Waals surface area contributed by atoms with Crippen molar-refractivity contribution >= 4 is 16.9 Å². The molecule has 1 N–H and O–H groups in total. The lowest BCUT2D eigenvalue weighted by atomic mass is 9.98. The first-order valence-corrected chi connectivity index (χ1v) is 13.7. The van der Waals surface area contributed by atoms with Crippen LogP contribution < -0.4 is 5.48 Å². The molecule has 2 unspecified atom stereocenters. The van der Waals surface area contributed by atoms with Crippen LogP contribution in [-0.2, 0) is 34.8 Å². The molecule has 3 aliphatic rings. The molecule has 3 rings (SSSR count). The Morgan fingerprint density at radius 1 is 1.06 bits per heavy atom. The fourth-order valence-corrected chi connectivity index (χ4v) is 6.32. The molecule has 3 aliphatic heterocycles. The Labute approximate surface area is 195 Å². The zero-order chi connectivity index (χ0) is 22.7. The monoisotopic (exact) mass is 474 g/mol. The van der Waals surface area contributed by atoms with E-state index >= 15 is 0 Å². The summed E-state index contributed by atoms with van der Waals surface area (Å²) < 4.78 is 31.6. The molecule has 0 aromatic carbocycles. The number of piperidine rings is 1. The van der Waals surface area contributed by atoms with Gasteiger partial charge in [-0.25, -0.2) is 18.8 Å². The van der Waals surface area contributed by atoms with Gasteiger partial charge in [0.05, 0.1) is 6.10 Å². The summed E-state index contributed by atoms with van der Waals surface area (Å²) in [5, 5.41) is 0. The molecule has 0 spiro atoms. The van der Waals surface area contributed by atoms with Crippen molar-refractivity contribution < 1.29 is 28.1 Å². The predicted molar refractivity (Wildman–Crippen MR) is 123 cm³/mol. The number of hydrogen-bond acceptors (Lipinski definition) is 6. The van der Waals surface area contributed by atoms with E-state index in [1.165, 1.54) is 25.7 Å². The first-order chi connectivity index (χ1) is 15.7. The summed E-state index contributed by atoms with van der Waals surface area (Å²) in [5.74, 6) is -0.321. The number of hydroxylamine groups is 1. The maximum Gasteiger partial charge on any atom is 0.264 e. The van der Waals surface area contributed by atoms with Crippen LogP contribution in [0.1, 0.15) is 84.0 Å². The van der Waals surface area contributed by atoms with Gasteiger partial charge in [-0.3, -0.25) is 4.79 Å². The molecule has 3 saturated heterocycles. The van der Waals surface area contributed by atoms with E-state index < -0.39 is 22.0 Å². The number of rotatable bonds is 12. The van der Waals surface area contributed by atoms with Crippen LogP contribution in [0.25, 0.3) is 0 Å². The highest BCUT2D eigenvalue weighted by molar-refractivity contribution is 7.85. The lowest BCUT2D eigenvalue weighted by molar-refractivity contribution is -0.202. The van der Waals surface area contributed by atoms with Crippen LogP contribution in [0.15, 0.2) is 0 Å². The van der Waals surface area contributed by atoms with Crippen LogP contribution in [0.5, 0.6) is 0 Å². The molecule has 9 heteroatoms. The minimum Gasteiger partial charge on any atom is -0.381 e. The molecule has 0 bridgehead atoms. The van der Waals surface area contributed by atoms with E-state index in [0.29, 0.717) is 45.8 Å². The number of carbonyl (C=O) groups excluding carboxylic acids is 1. The first kappa shape index (κ1) is 26.0. The molecule has 0 aromatic rings. The van der Waals surface area contributed by atoms with Crippen LogP contribution >= 0.6 is 0 Å². The summed E-state index contributed by atoms with van der Waals surface area (Å²) in [5.41, 5.74) is 2.58. The molecule has 186 valence electrons. The molecular weight excluding hydrogens is 432 g/mol. The Kier molecular flexibility index (Phi) is 11.4. The Hall–Kier alpha value is -0.580. The van der Waals surface area contributed by atoms with Gasteiger partial charge in [0.25, 0.3) is 5.91 Å². The number of nitrogens with zero attached hydrogens (tertiary/aromatic N) is 1. The molecule has 2 atom stereocenters. The maximum atomic E-state index is 13.6. The molecule has 32 heavy (non-hydrogen) atoms. The van der Waals surface area contributed by atoms with Gasteiger partial charge in [-0.05, 0) is 44.9 Å². The molecule has 3 heterocycles. The fourth-order valence-electron chi connectivity index (χ4n) is 4.57.